The fraction of sp³-hybridized carbons (Fsp3) is 0.545. The summed E-state index contributed by atoms with van der Waals surface area (Å²) in [7, 11) is 0. The molecule has 4 aliphatic rings. The van der Waals surface area contributed by atoms with Gasteiger partial charge >= 0.3 is 0 Å². The Labute approximate surface area is 278 Å². The molecule has 0 bridgehead atoms. The van der Waals surface area contributed by atoms with Crippen LogP contribution in [0.5, 0.6) is 0 Å². The van der Waals surface area contributed by atoms with E-state index >= 15 is 0 Å². The summed E-state index contributed by atoms with van der Waals surface area (Å²) >= 11 is 3.22. The Morgan fingerprint density at radius 3 is 2.15 bits per heavy atom. The van der Waals surface area contributed by atoms with Crippen molar-refractivity contribution >= 4 is 56.6 Å². The number of nitrogens with one attached hydrogen (secondary N) is 2. The molecular weight excluding hydrogens is 619 g/mol. The molecule has 3 aliphatic heterocycles. The fourth-order valence-corrected chi connectivity index (χ4v) is 9.12. The number of anilines is 3. The summed E-state index contributed by atoms with van der Waals surface area (Å²) in [5, 5.41) is 17.1. The van der Waals surface area contributed by atoms with Gasteiger partial charge in [0, 0.05) is 60.6 Å². The average Bonchev–Trinajstić information content (AvgIpc) is 3.64. The smallest absolute Gasteiger partial charge is 0.232 e. The largest absolute Gasteiger partial charge is 0.371 e. The molecule has 3 unspecified atom stereocenters. The number of amides is 2. The maximum Gasteiger partial charge on any atom is 0.232 e. The molecule has 2 N–H and O–H groups in total. The highest BCUT2D eigenvalue weighted by Crippen LogP contribution is 2.50. The lowest BCUT2D eigenvalue weighted by atomic mass is 9.74. The fourth-order valence-electron chi connectivity index (χ4n) is 6.88. The number of aromatic nitrogens is 4. The monoisotopic (exact) mass is 659 g/mol. The van der Waals surface area contributed by atoms with Crippen LogP contribution in [0.15, 0.2) is 41.7 Å². The summed E-state index contributed by atoms with van der Waals surface area (Å²) in [6.07, 6.45) is 11.7. The molecule has 0 aromatic carbocycles. The van der Waals surface area contributed by atoms with Crippen molar-refractivity contribution in [2.24, 2.45) is 10.9 Å². The zero-order valence-electron chi connectivity index (χ0n) is 26.3. The van der Waals surface area contributed by atoms with E-state index in [1.54, 1.807) is 24.2 Å². The Bertz CT molecular complexity index is 1600. The van der Waals surface area contributed by atoms with Crippen molar-refractivity contribution in [3.63, 3.8) is 0 Å². The SMILES string of the molecule is CCC1(C2CCCC(c3nnc(NC(=O)Cc4cc(N5CCC5)ccn4)s3)C2)CN=C(NC(=O)Cc2cc(N3CCC3)ccn2)S1. The minimum Gasteiger partial charge on any atom is -0.371 e. The van der Waals surface area contributed by atoms with Gasteiger partial charge in [-0.15, -0.1) is 10.2 Å². The second-order valence-electron chi connectivity index (χ2n) is 12.8. The van der Waals surface area contributed by atoms with Gasteiger partial charge in [-0.2, -0.15) is 0 Å². The topological polar surface area (TPSA) is 129 Å². The van der Waals surface area contributed by atoms with E-state index in [4.69, 9.17) is 4.99 Å². The van der Waals surface area contributed by atoms with Crippen LogP contribution < -0.4 is 20.4 Å². The predicted octanol–water partition coefficient (Wildman–Crippen LogP) is 4.81. The Hall–Kier alpha value is -3.58. The van der Waals surface area contributed by atoms with Gasteiger partial charge in [0.1, 0.15) is 5.01 Å². The zero-order chi connectivity index (χ0) is 31.5. The number of aliphatic imine (C=N–C) groups is 1. The van der Waals surface area contributed by atoms with Crippen LogP contribution in [-0.2, 0) is 22.4 Å². The number of hydrogen-bond acceptors (Lipinski definition) is 11. The van der Waals surface area contributed by atoms with E-state index < -0.39 is 0 Å². The van der Waals surface area contributed by atoms with Gasteiger partial charge in [-0.1, -0.05) is 36.4 Å². The van der Waals surface area contributed by atoms with Gasteiger partial charge in [-0.05, 0) is 68.7 Å². The maximum absolute atomic E-state index is 13.0. The molecule has 3 aromatic rings. The van der Waals surface area contributed by atoms with Crippen LogP contribution in [0.25, 0.3) is 0 Å². The van der Waals surface area contributed by atoms with Crippen molar-refractivity contribution in [1.82, 2.24) is 25.5 Å². The van der Waals surface area contributed by atoms with Gasteiger partial charge < -0.3 is 20.4 Å². The molecule has 1 aliphatic carbocycles. The third kappa shape index (κ3) is 6.90. The number of carbonyl (C=O) groups excluding carboxylic acids is 2. The second kappa shape index (κ2) is 13.6. The molecule has 46 heavy (non-hydrogen) atoms. The van der Waals surface area contributed by atoms with Crippen LogP contribution >= 0.6 is 23.1 Å². The molecule has 0 spiro atoms. The lowest BCUT2D eigenvalue weighted by molar-refractivity contribution is -0.119. The first kappa shape index (κ1) is 31.0. The van der Waals surface area contributed by atoms with E-state index in [1.165, 1.54) is 24.2 Å². The molecule has 2 saturated heterocycles. The van der Waals surface area contributed by atoms with Gasteiger partial charge in [-0.3, -0.25) is 24.5 Å². The highest BCUT2D eigenvalue weighted by atomic mass is 32.2. The molecule has 3 fully saturated rings. The maximum atomic E-state index is 13.0. The van der Waals surface area contributed by atoms with Crippen LogP contribution in [-0.4, -0.2) is 74.6 Å². The quantitative estimate of drug-likeness (QED) is 0.315. The predicted molar refractivity (Wildman–Crippen MR) is 184 cm³/mol. The van der Waals surface area contributed by atoms with Gasteiger partial charge in [-0.25, -0.2) is 0 Å². The summed E-state index contributed by atoms with van der Waals surface area (Å²) < 4.78 is -0.0454. The van der Waals surface area contributed by atoms with Gasteiger partial charge in [0.25, 0.3) is 0 Å². The van der Waals surface area contributed by atoms with E-state index in [9.17, 15) is 9.59 Å². The number of amidine groups is 1. The first-order valence-electron chi connectivity index (χ1n) is 16.5. The number of hydrogen-bond donors (Lipinski definition) is 2. The summed E-state index contributed by atoms with van der Waals surface area (Å²) in [4.78, 5) is 44.0. The van der Waals surface area contributed by atoms with Gasteiger partial charge in [0.2, 0.25) is 16.9 Å². The molecular formula is C33H41N9O2S2. The van der Waals surface area contributed by atoms with E-state index in [0.29, 0.717) is 23.5 Å². The zero-order valence-corrected chi connectivity index (χ0v) is 27.9. The highest BCUT2D eigenvalue weighted by molar-refractivity contribution is 8.15. The number of rotatable bonds is 10. The molecule has 0 radical (unpaired) electrons. The van der Waals surface area contributed by atoms with E-state index in [2.05, 4.69) is 47.5 Å². The highest BCUT2D eigenvalue weighted by Gasteiger charge is 2.45. The van der Waals surface area contributed by atoms with E-state index in [1.807, 2.05) is 24.3 Å². The number of carbonyl (C=O) groups is 2. The molecule has 11 nitrogen and oxygen atoms in total. The molecule has 7 rings (SSSR count). The van der Waals surface area contributed by atoms with Crippen molar-refractivity contribution in [2.45, 2.75) is 75.4 Å². The standard InChI is InChI=1S/C33H41N9O2S2/c1-2-33(21-36-31(46-33)37-28(43)19-24-17-26(8-10-34-24)41-12-4-13-41)23-7-3-6-22(16-23)30-39-40-32(45-30)38-29(44)20-25-18-27(9-11-35-25)42-14-5-15-42/h8-11,17-18,22-23H,2-7,12-16,19-21H2,1H3,(H,36,37,43)(H,38,40,44). The molecule has 6 heterocycles. The number of thioether (sulfide) groups is 1. The summed E-state index contributed by atoms with van der Waals surface area (Å²) in [5.41, 5.74) is 3.80. The van der Waals surface area contributed by atoms with Crippen LogP contribution in [0, 0.1) is 5.92 Å². The first-order chi connectivity index (χ1) is 22.5. The molecule has 3 atom stereocenters. The average molecular weight is 660 g/mol. The second-order valence-corrected chi connectivity index (χ2v) is 15.2. The minimum absolute atomic E-state index is 0.0454. The lowest BCUT2D eigenvalue weighted by Gasteiger charge is -2.40. The van der Waals surface area contributed by atoms with Crippen LogP contribution in [0.4, 0.5) is 16.5 Å². The normalized spacial score (nSPS) is 24.2. The van der Waals surface area contributed by atoms with Crippen LogP contribution in [0.3, 0.4) is 0 Å². The van der Waals surface area contributed by atoms with Crippen molar-refractivity contribution in [1.29, 1.82) is 0 Å². The van der Waals surface area contributed by atoms with Crippen molar-refractivity contribution in [3.05, 3.63) is 53.1 Å². The molecule has 242 valence electrons. The summed E-state index contributed by atoms with van der Waals surface area (Å²) in [6.45, 7) is 7.17. The Kier molecular flexibility index (Phi) is 9.21. The van der Waals surface area contributed by atoms with Crippen LogP contribution in [0.1, 0.15) is 74.2 Å². The number of nitrogens with zero attached hydrogens (tertiary/aromatic N) is 7. The molecule has 3 aromatic heterocycles. The van der Waals surface area contributed by atoms with Crippen molar-refractivity contribution in [2.75, 3.05) is 47.8 Å². The number of pyridine rings is 2. The third-order valence-electron chi connectivity index (χ3n) is 9.82. The van der Waals surface area contributed by atoms with Gasteiger partial charge in [0.15, 0.2) is 5.17 Å². The Morgan fingerprint density at radius 2 is 1.54 bits per heavy atom. The summed E-state index contributed by atoms with van der Waals surface area (Å²) in [6, 6.07) is 8.03. The van der Waals surface area contributed by atoms with Gasteiger partial charge in [0.05, 0.1) is 30.8 Å². The van der Waals surface area contributed by atoms with E-state index in [0.717, 1.165) is 91.2 Å². The van der Waals surface area contributed by atoms with Crippen molar-refractivity contribution < 1.29 is 9.59 Å². The Morgan fingerprint density at radius 1 is 0.891 bits per heavy atom. The molecule has 13 heteroatoms. The first-order valence-corrected chi connectivity index (χ1v) is 18.2. The molecule has 2 amide bonds. The van der Waals surface area contributed by atoms with E-state index in [-0.39, 0.29) is 29.4 Å². The lowest BCUT2D eigenvalue weighted by Crippen LogP contribution is -2.39. The molecule has 1 saturated carbocycles. The summed E-state index contributed by atoms with van der Waals surface area (Å²) in [5.74, 6) is 0.539. The Balaban J connectivity index is 0.919. The van der Waals surface area contributed by atoms with Crippen molar-refractivity contribution in [3.8, 4) is 0 Å². The minimum atomic E-state index is -0.129. The van der Waals surface area contributed by atoms with Crippen LogP contribution in [0.2, 0.25) is 0 Å². The third-order valence-corrected chi connectivity index (χ3v) is 12.4.